The van der Waals surface area contributed by atoms with E-state index in [0.29, 0.717) is 23.3 Å². The molecule has 0 atom stereocenters. The van der Waals surface area contributed by atoms with Crippen LogP contribution >= 0.6 is 0 Å². The molecule has 0 fully saturated rings. The minimum Gasteiger partial charge on any atom is -0.307 e. The van der Waals surface area contributed by atoms with Crippen LogP contribution in [0.4, 0.5) is 5.69 Å². The standard InChI is InChI=1S/C17H16N2O3/c1-10(2)16(21)19-8-7-11-5-4-6-12(15(11)19)13-9-14(20)18(3)17(13)22/h4-6,9H,1,7-8H2,2-3H3. The Morgan fingerprint density at radius 2 is 2.00 bits per heavy atom. The Labute approximate surface area is 128 Å². The van der Waals surface area contributed by atoms with Crippen molar-refractivity contribution in [2.75, 3.05) is 18.5 Å². The van der Waals surface area contributed by atoms with E-state index in [-0.39, 0.29) is 17.7 Å². The summed E-state index contributed by atoms with van der Waals surface area (Å²) in [7, 11) is 1.45. The molecule has 112 valence electrons. The Bertz CT molecular complexity index is 761. The topological polar surface area (TPSA) is 57.7 Å². The number of fused-ring (bicyclic) bond motifs is 1. The number of benzene rings is 1. The van der Waals surface area contributed by atoms with Crippen molar-refractivity contribution < 1.29 is 14.4 Å². The lowest BCUT2D eigenvalue weighted by molar-refractivity contribution is -0.134. The van der Waals surface area contributed by atoms with E-state index < -0.39 is 0 Å². The van der Waals surface area contributed by atoms with Gasteiger partial charge in [0, 0.05) is 30.8 Å². The second kappa shape index (κ2) is 4.94. The van der Waals surface area contributed by atoms with Crippen molar-refractivity contribution in [3.63, 3.8) is 0 Å². The maximum absolute atomic E-state index is 12.3. The Morgan fingerprint density at radius 3 is 2.59 bits per heavy atom. The summed E-state index contributed by atoms with van der Waals surface area (Å²) in [6, 6.07) is 5.56. The van der Waals surface area contributed by atoms with Crippen molar-refractivity contribution >= 4 is 29.0 Å². The highest BCUT2D eigenvalue weighted by Crippen LogP contribution is 2.38. The normalized spacial score (nSPS) is 16.9. The fraction of sp³-hybridized carbons (Fsp3) is 0.235. The summed E-state index contributed by atoms with van der Waals surface area (Å²) >= 11 is 0. The molecule has 22 heavy (non-hydrogen) atoms. The quantitative estimate of drug-likeness (QED) is 0.614. The molecule has 2 heterocycles. The van der Waals surface area contributed by atoms with Crippen LogP contribution in [0.2, 0.25) is 0 Å². The summed E-state index contributed by atoms with van der Waals surface area (Å²) in [6.07, 6.45) is 2.06. The first-order valence-corrected chi connectivity index (χ1v) is 7.05. The van der Waals surface area contributed by atoms with Gasteiger partial charge in [0.1, 0.15) is 0 Å². The molecule has 0 saturated heterocycles. The van der Waals surface area contributed by atoms with Crippen LogP contribution < -0.4 is 4.90 Å². The van der Waals surface area contributed by atoms with Gasteiger partial charge in [-0.15, -0.1) is 0 Å². The number of carbonyl (C=O) groups excluding carboxylic acids is 3. The molecule has 5 heteroatoms. The van der Waals surface area contributed by atoms with Crippen LogP contribution in [-0.4, -0.2) is 36.2 Å². The zero-order valence-corrected chi connectivity index (χ0v) is 12.5. The van der Waals surface area contributed by atoms with E-state index in [2.05, 4.69) is 6.58 Å². The van der Waals surface area contributed by atoms with Crippen LogP contribution in [0.3, 0.4) is 0 Å². The highest BCUT2D eigenvalue weighted by molar-refractivity contribution is 6.34. The predicted octanol–water partition coefficient (Wildman–Crippen LogP) is 1.53. The van der Waals surface area contributed by atoms with E-state index >= 15 is 0 Å². The lowest BCUT2D eigenvalue weighted by Crippen LogP contribution is -2.30. The van der Waals surface area contributed by atoms with Gasteiger partial charge in [-0.25, -0.2) is 0 Å². The van der Waals surface area contributed by atoms with E-state index in [0.717, 1.165) is 22.6 Å². The molecule has 0 N–H and O–H groups in total. The molecule has 0 bridgehead atoms. The highest BCUT2D eigenvalue weighted by atomic mass is 16.2. The van der Waals surface area contributed by atoms with Crippen LogP contribution in [0.5, 0.6) is 0 Å². The van der Waals surface area contributed by atoms with Crippen molar-refractivity contribution in [1.82, 2.24) is 4.90 Å². The van der Waals surface area contributed by atoms with Gasteiger partial charge in [-0.1, -0.05) is 24.8 Å². The molecular formula is C17H16N2O3. The van der Waals surface area contributed by atoms with Crippen LogP contribution in [0.1, 0.15) is 18.1 Å². The minimum atomic E-state index is -0.340. The maximum atomic E-state index is 12.3. The number of amides is 3. The number of imide groups is 1. The number of carbonyl (C=O) groups is 3. The molecule has 2 aliphatic rings. The van der Waals surface area contributed by atoms with Crippen molar-refractivity contribution in [1.29, 1.82) is 0 Å². The van der Waals surface area contributed by atoms with Gasteiger partial charge in [-0.2, -0.15) is 0 Å². The first-order valence-electron chi connectivity index (χ1n) is 7.05. The van der Waals surface area contributed by atoms with Gasteiger partial charge in [0.2, 0.25) is 0 Å². The fourth-order valence-corrected chi connectivity index (χ4v) is 2.86. The second-order valence-electron chi connectivity index (χ2n) is 5.56. The lowest BCUT2D eigenvalue weighted by atomic mass is 10.00. The monoisotopic (exact) mass is 296 g/mol. The maximum Gasteiger partial charge on any atom is 0.261 e. The van der Waals surface area contributed by atoms with Gasteiger partial charge in [0.25, 0.3) is 17.7 Å². The summed E-state index contributed by atoms with van der Waals surface area (Å²) in [5, 5.41) is 0. The van der Waals surface area contributed by atoms with Crippen LogP contribution in [0, 0.1) is 0 Å². The molecule has 5 nitrogen and oxygen atoms in total. The van der Waals surface area contributed by atoms with Gasteiger partial charge in [-0.3, -0.25) is 19.3 Å². The second-order valence-corrected chi connectivity index (χ2v) is 5.56. The largest absolute Gasteiger partial charge is 0.307 e. The third-order valence-electron chi connectivity index (χ3n) is 4.03. The zero-order chi connectivity index (χ0) is 16.0. The number of hydrogen-bond acceptors (Lipinski definition) is 3. The summed E-state index contributed by atoms with van der Waals surface area (Å²) in [4.78, 5) is 39.0. The van der Waals surface area contributed by atoms with E-state index in [1.807, 2.05) is 12.1 Å². The fourth-order valence-electron chi connectivity index (χ4n) is 2.86. The molecule has 1 aromatic carbocycles. The summed E-state index contributed by atoms with van der Waals surface area (Å²) < 4.78 is 0. The summed E-state index contributed by atoms with van der Waals surface area (Å²) in [5.74, 6) is -0.835. The first-order chi connectivity index (χ1) is 10.4. The highest BCUT2D eigenvalue weighted by Gasteiger charge is 2.34. The Balaban J connectivity index is 2.13. The van der Waals surface area contributed by atoms with Crippen molar-refractivity contribution in [3.8, 4) is 0 Å². The molecule has 0 spiro atoms. The summed E-state index contributed by atoms with van der Waals surface area (Å²) in [6.45, 7) is 5.93. The molecule has 0 radical (unpaired) electrons. The number of para-hydroxylation sites is 1. The van der Waals surface area contributed by atoms with Crippen molar-refractivity contribution in [3.05, 3.63) is 47.6 Å². The van der Waals surface area contributed by atoms with Crippen LogP contribution in [-0.2, 0) is 20.8 Å². The molecule has 0 unspecified atom stereocenters. The number of likely N-dealkylation sites (N-methyl/N-ethyl adjacent to an activating group) is 1. The molecule has 0 aromatic heterocycles. The Hall–Kier alpha value is -2.69. The third-order valence-corrected chi connectivity index (χ3v) is 4.03. The van der Waals surface area contributed by atoms with Gasteiger partial charge < -0.3 is 4.90 Å². The Morgan fingerprint density at radius 1 is 1.27 bits per heavy atom. The van der Waals surface area contributed by atoms with Crippen molar-refractivity contribution in [2.45, 2.75) is 13.3 Å². The van der Waals surface area contributed by atoms with Crippen LogP contribution in [0.25, 0.3) is 5.57 Å². The van der Waals surface area contributed by atoms with Gasteiger partial charge in [0.15, 0.2) is 0 Å². The average molecular weight is 296 g/mol. The molecule has 3 rings (SSSR count). The number of anilines is 1. The lowest BCUT2D eigenvalue weighted by Gasteiger charge is -2.21. The third kappa shape index (κ3) is 1.97. The van der Waals surface area contributed by atoms with Gasteiger partial charge in [0.05, 0.1) is 11.3 Å². The van der Waals surface area contributed by atoms with Crippen molar-refractivity contribution in [2.24, 2.45) is 0 Å². The number of rotatable bonds is 2. The predicted molar refractivity (Wildman–Crippen MR) is 83.1 cm³/mol. The molecule has 0 saturated carbocycles. The van der Waals surface area contributed by atoms with E-state index in [4.69, 9.17) is 0 Å². The first kappa shape index (κ1) is 14.3. The van der Waals surface area contributed by atoms with E-state index in [1.165, 1.54) is 13.1 Å². The number of hydrogen-bond donors (Lipinski definition) is 0. The van der Waals surface area contributed by atoms with Gasteiger partial charge >= 0.3 is 0 Å². The number of nitrogens with zero attached hydrogens (tertiary/aromatic N) is 2. The molecule has 3 amide bonds. The molecule has 1 aromatic rings. The SMILES string of the molecule is C=C(C)C(=O)N1CCc2cccc(C3=CC(=O)N(C)C3=O)c21. The van der Waals surface area contributed by atoms with E-state index in [9.17, 15) is 14.4 Å². The summed E-state index contributed by atoms with van der Waals surface area (Å²) in [5.41, 5.74) is 3.14. The molecular weight excluding hydrogens is 280 g/mol. The Kier molecular flexibility index (Phi) is 3.20. The average Bonchev–Trinajstić information content (AvgIpc) is 3.03. The van der Waals surface area contributed by atoms with Gasteiger partial charge in [-0.05, 0) is 18.9 Å². The minimum absolute atomic E-state index is 0.156. The zero-order valence-electron chi connectivity index (χ0n) is 12.5. The molecule has 2 aliphatic heterocycles. The van der Waals surface area contributed by atoms with Crippen LogP contribution in [0.15, 0.2) is 36.4 Å². The van der Waals surface area contributed by atoms with E-state index in [1.54, 1.807) is 17.9 Å². The smallest absolute Gasteiger partial charge is 0.261 e. The molecule has 0 aliphatic carbocycles.